The highest BCUT2D eigenvalue weighted by molar-refractivity contribution is 6.27. The highest BCUT2D eigenvalue weighted by Crippen LogP contribution is 1.83. The number of H-pyrrole nitrogens is 2. The maximum atomic E-state index is 5.28. The van der Waals surface area contributed by atoms with Crippen molar-refractivity contribution >= 4 is 11.6 Å². The van der Waals surface area contributed by atoms with E-state index in [1.54, 1.807) is 0 Å². The Labute approximate surface area is 39.4 Å². The van der Waals surface area contributed by atoms with Gasteiger partial charge in [0, 0.05) is 5.10 Å². The van der Waals surface area contributed by atoms with Crippen molar-refractivity contribution in [3.8, 4) is 0 Å². The summed E-state index contributed by atoms with van der Waals surface area (Å²) in [5, 5.41) is 6.42. The third kappa shape index (κ3) is 0.490. The van der Waals surface area contributed by atoms with Gasteiger partial charge in [0.25, 0.3) is 6.33 Å². The molecule has 3 nitrogen and oxygen atoms in total. The second kappa shape index (κ2) is 1.26. The molecule has 0 aliphatic rings. The molecule has 1 heterocycles. The van der Waals surface area contributed by atoms with E-state index in [-0.39, 0.29) is 0 Å². The number of halogens is 1. The van der Waals surface area contributed by atoms with Gasteiger partial charge in [0.1, 0.15) is 0 Å². The maximum absolute atomic E-state index is 5.28. The molecule has 0 unspecified atom stereocenters. The lowest BCUT2D eigenvalue weighted by Crippen LogP contribution is -1.93. The summed E-state index contributed by atoms with van der Waals surface area (Å²) in [6.45, 7) is 0. The lowest BCUT2D eigenvalue weighted by atomic mass is 11.3. The van der Waals surface area contributed by atoms with E-state index in [9.17, 15) is 0 Å². The van der Waals surface area contributed by atoms with Crippen LogP contribution >= 0.6 is 11.6 Å². The SMILES string of the molecule is Clc1[nH]nc[nH+]1. The Morgan fingerprint density at radius 1 is 2.00 bits per heavy atom. The molecule has 0 aliphatic carbocycles. The fourth-order valence-corrected chi connectivity index (χ4v) is 0.308. The topological polar surface area (TPSA) is 42.8 Å². The van der Waals surface area contributed by atoms with E-state index in [4.69, 9.17) is 11.6 Å². The Balaban J connectivity index is 3.05. The van der Waals surface area contributed by atoms with Crippen LogP contribution in [-0.2, 0) is 0 Å². The highest BCUT2D eigenvalue weighted by Gasteiger charge is 1.88. The summed E-state index contributed by atoms with van der Waals surface area (Å²) in [5.74, 6) is 0. The Morgan fingerprint density at radius 2 is 2.83 bits per heavy atom. The first kappa shape index (κ1) is 3.61. The van der Waals surface area contributed by atoms with Crippen LogP contribution in [0.25, 0.3) is 0 Å². The van der Waals surface area contributed by atoms with Crippen LogP contribution in [0.4, 0.5) is 0 Å². The first-order valence-corrected chi connectivity index (χ1v) is 1.84. The summed E-state index contributed by atoms with van der Waals surface area (Å²) < 4.78 is 0. The summed E-state index contributed by atoms with van der Waals surface area (Å²) in [7, 11) is 0. The molecule has 32 valence electrons. The Morgan fingerprint density at radius 3 is 3.00 bits per heavy atom. The second-order valence-corrected chi connectivity index (χ2v) is 1.21. The molecule has 0 aliphatic heterocycles. The van der Waals surface area contributed by atoms with Crippen molar-refractivity contribution in [1.82, 2.24) is 10.2 Å². The van der Waals surface area contributed by atoms with Crippen molar-refractivity contribution < 1.29 is 4.98 Å². The Bertz CT molecular complexity index is 112. The van der Waals surface area contributed by atoms with Gasteiger partial charge in [-0.3, -0.25) is 0 Å². The Hall–Kier alpha value is -0.570. The van der Waals surface area contributed by atoms with Gasteiger partial charge in [0.15, 0.2) is 0 Å². The van der Waals surface area contributed by atoms with E-state index in [1.165, 1.54) is 6.33 Å². The number of rotatable bonds is 0. The average molecular weight is 105 g/mol. The molecule has 0 spiro atoms. The lowest BCUT2D eigenvalue weighted by Gasteiger charge is -1.54. The molecule has 4 heteroatoms. The van der Waals surface area contributed by atoms with E-state index in [2.05, 4.69) is 15.2 Å². The smallest absolute Gasteiger partial charge is 0.234 e. The van der Waals surface area contributed by atoms with Gasteiger partial charge in [-0.2, -0.15) is 0 Å². The summed E-state index contributed by atoms with van der Waals surface area (Å²) in [6.07, 6.45) is 1.47. The quantitative estimate of drug-likeness (QED) is 0.490. The molecule has 1 aromatic rings. The van der Waals surface area contributed by atoms with Gasteiger partial charge in [-0.1, -0.05) is 0 Å². The number of aromatic nitrogens is 3. The van der Waals surface area contributed by atoms with E-state index in [0.29, 0.717) is 5.28 Å². The normalized spacial score (nSPS) is 8.83. The molecular formula is C2H3ClN3+. The third-order valence-electron chi connectivity index (χ3n) is 0.419. The molecular weight excluding hydrogens is 101 g/mol. The molecule has 0 aromatic carbocycles. The highest BCUT2D eigenvalue weighted by atomic mass is 35.5. The number of nitrogens with zero attached hydrogens (tertiary/aromatic N) is 1. The molecule has 2 N–H and O–H groups in total. The number of hydrogen-bond donors (Lipinski definition) is 1. The van der Waals surface area contributed by atoms with Crippen LogP contribution < -0.4 is 4.98 Å². The van der Waals surface area contributed by atoms with Crippen molar-refractivity contribution in [1.29, 1.82) is 0 Å². The zero-order valence-corrected chi connectivity index (χ0v) is 3.66. The molecule has 0 fully saturated rings. The van der Waals surface area contributed by atoms with Crippen molar-refractivity contribution in [3.63, 3.8) is 0 Å². The molecule has 0 amide bonds. The van der Waals surface area contributed by atoms with Crippen LogP contribution in [0, 0.1) is 0 Å². The molecule has 0 saturated heterocycles. The molecule has 6 heavy (non-hydrogen) atoms. The van der Waals surface area contributed by atoms with E-state index >= 15 is 0 Å². The molecule has 1 rings (SSSR count). The van der Waals surface area contributed by atoms with E-state index in [0.717, 1.165) is 0 Å². The average Bonchev–Trinajstić information content (AvgIpc) is 1.86. The van der Waals surface area contributed by atoms with Gasteiger partial charge in [-0.05, 0) is 11.6 Å². The zero-order valence-electron chi connectivity index (χ0n) is 2.90. The fraction of sp³-hybridized carbons (Fsp3) is 0. The molecule has 0 saturated carbocycles. The van der Waals surface area contributed by atoms with Gasteiger partial charge in [-0.25, -0.2) is 4.98 Å². The predicted octanol–water partition coefficient (Wildman–Crippen LogP) is -0.123. The van der Waals surface area contributed by atoms with Crippen molar-refractivity contribution in [2.75, 3.05) is 0 Å². The van der Waals surface area contributed by atoms with Crippen molar-refractivity contribution in [2.45, 2.75) is 0 Å². The maximum Gasteiger partial charge on any atom is 0.327 e. The summed E-state index contributed by atoms with van der Waals surface area (Å²) in [4.78, 5) is 2.60. The van der Waals surface area contributed by atoms with Gasteiger partial charge in [0.2, 0.25) is 0 Å². The lowest BCUT2D eigenvalue weighted by molar-refractivity contribution is -0.375. The minimum atomic E-state index is 0.454. The minimum Gasteiger partial charge on any atom is -0.234 e. The van der Waals surface area contributed by atoms with Crippen LogP contribution in [0.3, 0.4) is 0 Å². The van der Waals surface area contributed by atoms with Crippen LogP contribution in [0.2, 0.25) is 5.28 Å². The summed E-state index contributed by atoms with van der Waals surface area (Å²) in [5.41, 5.74) is 0. The van der Waals surface area contributed by atoms with Crippen LogP contribution in [-0.4, -0.2) is 10.2 Å². The molecule has 0 atom stereocenters. The fourth-order valence-electron chi connectivity index (χ4n) is 0.210. The first-order valence-electron chi connectivity index (χ1n) is 1.46. The van der Waals surface area contributed by atoms with Crippen LogP contribution in [0.5, 0.6) is 0 Å². The molecule has 0 bridgehead atoms. The van der Waals surface area contributed by atoms with Crippen molar-refractivity contribution in [3.05, 3.63) is 11.6 Å². The van der Waals surface area contributed by atoms with E-state index in [1.807, 2.05) is 0 Å². The van der Waals surface area contributed by atoms with Gasteiger partial charge < -0.3 is 0 Å². The number of aromatic amines is 2. The predicted molar refractivity (Wildman–Crippen MR) is 20.2 cm³/mol. The largest absolute Gasteiger partial charge is 0.327 e. The monoisotopic (exact) mass is 104 g/mol. The van der Waals surface area contributed by atoms with Gasteiger partial charge in [0.05, 0.1) is 0 Å². The minimum absolute atomic E-state index is 0.454. The van der Waals surface area contributed by atoms with Crippen molar-refractivity contribution in [2.24, 2.45) is 0 Å². The van der Waals surface area contributed by atoms with E-state index < -0.39 is 0 Å². The summed E-state index contributed by atoms with van der Waals surface area (Å²) in [6, 6.07) is 0. The zero-order chi connectivity index (χ0) is 4.41. The second-order valence-electron chi connectivity index (χ2n) is 0.828. The number of nitrogens with one attached hydrogen (secondary N) is 2. The number of hydrogen-bond acceptors (Lipinski definition) is 1. The third-order valence-corrected chi connectivity index (χ3v) is 0.612. The van der Waals surface area contributed by atoms with Gasteiger partial charge in [-0.15, -0.1) is 5.10 Å². The molecule has 0 radical (unpaired) electrons. The standard InChI is InChI=1S/C2H2ClN3/c3-2-4-1-5-6-2/h1H,(H,4,5,6)/p+1. The first-order chi connectivity index (χ1) is 2.89. The van der Waals surface area contributed by atoms with Crippen LogP contribution in [0.1, 0.15) is 0 Å². The molecule has 1 aromatic heterocycles. The summed E-state index contributed by atoms with van der Waals surface area (Å²) >= 11 is 5.28. The van der Waals surface area contributed by atoms with Gasteiger partial charge >= 0.3 is 5.28 Å². The Kier molecular flexibility index (Phi) is 0.759. The van der Waals surface area contributed by atoms with Crippen LogP contribution in [0.15, 0.2) is 6.33 Å².